The van der Waals surface area contributed by atoms with Gasteiger partial charge >= 0.3 is 0 Å². The van der Waals surface area contributed by atoms with Crippen molar-refractivity contribution in [3.05, 3.63) is 71.8 Å². The number of methoxy groups -OCH3 is 1. The molecule has 0 bridgehead atoms. The van der Waals surface area contributed by atoms with Crippen LogP contribution in [0.15, 0.2) is 60.7 Å². The number of aromatic nitrogens is 2. The van der Waals surface area contributed by atoms with E-state index in [0.717, 1.165) is 41.5 Å². The Labute approximate surface area is 175 Å². The van der Waals surface area contributed by atoms with Gasteiger partial charge in [0.1, 0.15) is 5.75 Å². The number of hydrogen-bond acceptors (Lipinski definition) is 6. The summed E-state index contributed by atoms with van der Waals surface area (Å²) >= 11 is 0. The molecule has 1 amide bonds. The van der Waals surface area contributed by atoms with E-state index in [1.807, 2.05) is 54.6 Å². The van der Waals surface area contributed by atoms with Gasteiger partial charge < -0.3 is 19.7 Å². The molecule has 0 saturated carbocycles. The molecule has 30 heavy (non-hydrogen) atoms. The molecule has 7 nitrogen and oxygen atoms in total. The van der Waals surface area contributed by atoms with Crippen LogP contribution in [0, 0.1) is 0 Å². The Morgan fingerprint density at radius 2 is 1.90 bits per heavy atom. The van der Waals surface area contributed by atoms with Gasteiger partial charge in [-0.15, -0.1) is 10.2 Å². The molecule has 1 aliphatic heterocycles. The van der Waals surface area contributed by atoms with Crippen molar-refractivity contribution in [1.29, 1.82) is 0 Å². The zero-order chi connectivity index (χ0) is 20.8. The first kappa shape index (κ1) is 19.8. The second kappa shape index (κ2) is 9.37. The van der Waals surface area contributed by atoms with Crippen LogP contribution in [0.3, 0.4) is 0 Å². The summed E-state index contributed by atoms with van der Waals surface area (Å²) < 4.78 is 10.6. The van der Waals surface area contributed by atoms with Crippen LogP contribution < -0.4 is 15.0 Å². The molecule has 0 unspecified atom stereocenters. The third-order valence-electron chi connectivity index (χ3n) is 4.99. The first-order valence-corrected chi connectivity index (χ1v) is 9.91. The van der Waals surface area contributed by atoms with Crippen LogP contribution in [0.2, 0.25) is 0 Å². The van der Waals surface area contributed by atoms with Gasteiger partial charge in [-0.25, -0.2) is 0 Å². The molecule has 0 radical (unpaired) electrons. The highest BCUT2D eigenvalue weighted by atomic mass is 16.5. The fourth-order valence-electron chi connectivity index (χ4n) is 3.33. The van der Waals surface area contributed by atoms with Gasteiger partial charge in [0.2, 0.25) is 0 Å². The Morgan fingerprint density at radius 3 is 2.67 bits per heavy atom. The fourth-order valence-corrected chi connectivity index (χ4v) is 3.33. The number of carbonyl (C=O) groups excluding carboxylic acids is 1. The maximum Gasteiger partial charge on any atom is 0.251 e. The smallest absolute Gasteiger partial charge is 0.251 e. The molecular formula is C23H24N4O3. The lowest BCUT2D eigenvalue weighted by Gasteiger charge is -2.27. The molecular weight excluding hydrogens is 380 g/mol. The van der Waals surface area contributed by atoms with E-state index in [1.165, 1.54) is 0 Å². The van der Waals surface area contributed by atoms with E-state index in [0.29, 0.717) is 25.3 Å². The molecule has 0 aliphatic carbocycles. The number of carbonyl (C=O) groups is 1. The average Bonchev–Trinajstić information content (AvgIpc) is 2.83. The summed E-state index contributed by atoms with van der Waals surface area (Å²) in [6.45, 7) is 3.47. The predicted molar refractivity (Wildman–Crippen MR) is 115 cm³/mol. The van der Waals surface area contributed by atoms with E-state index < -0.39 is 0 Å². The number of ether oxygens (including phenoxy) is 2. The largest absolute Gasteiger partial charge is 0.497 e. The van der Waals surface area contributed by atoms with E-state index in [1.54, 1.807) is 13.2 Å². The number of nitrogens with zero attached hydrogens (tertiary/aromatic N) is 3. The van der Waals surface area contributed by atoms with Gasteiger partial charge in [-0.1, -0.05) is 24.3 Å². The van der Waals surface area contributed by atoms with Gasteiger partial charge in [0.15, 0.2) is 5.82 Å². The number of rotatable bonds is 6. The molecule has 3 aromatic rings. The van der Waals surface area contributed by atoms with Crippen LogP contribution >= 0.6 is 0 Å². The second-order valence-corrected chi connectivity index (χ2v) is 6.99. The number of anilines is 1. The van der Waals surface area contributed by atoms with E-state index in [2.05, 4.69) is 20.4 Å². The molecule has 1 aromatic heterocycles. The van der Waals surface area contributed by atoms with E-state index in [-0.39, 0.29) is 5.91 Å². The summed E-state index contributed by atoms with van der Waals surface area (Å²) in [5.41, 5.74) is 3.14. The number of hydrogen-bond donors (Lipinski definition) is 1. The second-order valence-electron chi connectivity index (χ2n) is 6.99. The minimum absolute atomic E-state index is 0.141. The van der Waals surface area contributed by atoms with Crippen molar-refractivity contribution in [1.82, 2.24) is 15.5 Å². The van der Waals surface area contributed by atoms with Crippen molar-refractivity contribution in [2.24, 2.45) is 0 Å². The van der Waals surface area contributed by atoms with E-state index in [4.69, 9.17) is 9.47 Å². The van der Waals surface area contributed by atoms with Crippen molar-refractivity contribution in [2.75, 3.05) is 38.3 Å². The van der Waals surface area contributed by atoms with Gasteiger partial charge in [0.25, 0.3) is 5.91 Å². The highest BCUT2D eigenvalue weighted by Crippen LogP contribution is 2.20. The molecule has 2 heterocycles. The maximum atomic E-state index is 12.6. The van der Waals surface area contributed by atoms with Crippen molar-refractivity contribution in [2.45, 2.75) is 6.54 Å². The highest BCUT2D eigenvalue weighted by Gasteiger charge is 2.13. The molecule has 1 fully saturated rings. The summed E-state index contributed by atoms with van der Waals surface area (Å²) in [4.78, 5) is 14.8. The van der Waals surface area contributed by atoms with Crippen LogP contribution in [-0.2, 0) is 11.3 Å². The minimum atomic E-state index is -0.141. The van der Waals surface area contributed by atoms with Crippen LogP contribution in [0.5, 0.6) is 5.75 Å². The van der Waals surface area contributed by atoms with Crippen molar-refractivity contribution in [3.8, 4) is 17.0 Å². The summed E-state index contributed by atoms with van der Waals surface area (Å²) in [5.74, 6) is 1.47. The lowest BCUT2D eigenvalue weighted by Crippen LogP contribution is -2.36. The van der Waals surface area contributed by atoms with Crippen LogP contribution in [0.4, 0.5) is 5.82 Å². The van der Waals surface area contributed by atoms with Gasteiger partial charge in [-0.3, -0.25) is 4.79 Å². The first-order valence-electron chi connectivity index (χ1n) is 9.91. The number of morpholine rings is 1. The number of nitrogens with one attached hydrogen (secondary N) is 1. The quantitative estimate of drug-likeness (QED) is 0.681. The minimum Gasteiger partial charge on any atom is -0.497 e. The average molecular weight is 404 g/mol. The normalized spacial score (nSPS) is 13.7. The van der Waals surface area contributed by atoms with Crippen molar-refractivity contribution in [3.63, 3.8) is 0 Å². The van der Waals surface area contributed by atoms with Gasteiger partial charge in [-0.05, 0) is 42.0 Å². The monoisotopic (exact) mass is 404 g/mol. The van der Waals surface area contributed by atoms with Crippen LogP contribution in [0.25, 0.3) is 11.3 Å². The summed E-state index contributed by atoms with van der Waals surface area (Å²) in [6, 6.07) is 18.9. The third-order valence-corrected chi connectivity index (χ3v) is 4.99. The molecule has 0 atom stereocenters. The zero-order valence-electron chi connectivity index (χ0n) is 16.9. The predicted octanol–water partition coefficient (Wildman–Crippen LogP) is 2.92. The summed E-state index contributed by atoms with van der Waals surface area (Å²) in [7, 11) is 1.62. The number of amides is 1. The number of benzene rings is 2. The van der Waals surface area contributed by atoms with Crippen LogP contribution in [0.1, 0.15) is 15.9 Å². The van der Waals surface area contributed by atoms with Gasteiger partial charge in [0, 0.05) is 30.8 Å². The summed E-state index contributed by atoms with van der Waals surface area (Å²) in [5, 5.41) is 11.7. The molecule has 1 saturated heterocycles. The fraction of sp³-hybridized carbons (Fsp3) is 0.261. The highest BCUT2D eigenvalue weighted by molar-refractivity contribution is 5.95. The maximum absolute atomic E-state index is 12.6. The van der Waals surface area contributed by atoms with Crippen LogP contribution in [-0.4, -0.2) is 49.5 Å². The van der Waals surface area contributed by atoms with E-state index >= 15 is 0 Å². The van der Waals surface area contributed by atoms with Crippen molar-refractivity contribution < 1.29 is 14.3 Å². The molecule has 2 aromatic carbocycles. The lowest BCUT2D eigenvalue weighted by molar-refractivity contribution is 0.0951. The molecule has 0 spiro atoms. The van der Waals surface area contributed by atoms with Crippen molar-refractivity contribution >= 4 is 11.7 Å². The molecule has 4 rings (SSSR count). The summed E-state index contributed by atoms with van der Waals surface area (Å²) in [6.07, 6.45) is 0. The molecule has 154 valence electrons. The molecule has 1 N–H and O–H groups in total. The standard InChI is InChI=1S/C23H24N4O3/c1-29-20-7-2-4-17(14-20)16-24-23(28)19-6-3-5-18(15-19)21-8-9-22(26-25-21)27-10-12-30-13-11-27/h2-9,14-15H,10-13,16H2,1H3,(H,24,28). The lowest BCUT2D eigenvalue weighted by atomic mass is 10.1. The Morgan fingerprint density at radius 1 is 1.07 bits per heavy atom. The van der Waals surface area contributed by atoms with Gasteiger partial charge in [-0.2, -0.15) is 0 Å². The Balaban J connectivity index is 1.43. The Bertz CT molecular complexity index is 1000. The Hall–Kier alpha value is -3.45. The molecule has 1 aliphatic rings. The third kappa shape index (κ3) is 4.75. The first-order chi connectivity index (χ1) is 14.7. The topological polar surface area (TPSA) is 76.6 Å². The van der Waals surface area contributed by atoms with E-state index in [9.17, 15) is 4.79 Å². The zero-order valence-corrected chi connectivity index (χ0v) is 16.9. The molecule has 7 heteroatoms. The van der Waals surface area contributed by atoms with Gasteiger partial charge in [0.05, 0.1) is 26.0 Å². The Kier molecular flexibility index (Phi) is 6.20. The SMILES string of the molecule is COc1cccc(CNC(=O)c2cccc(-c3ccc(N4CCOCC4)nn3)c2)c1.